The topological polar surface area (TPSA) is 111 Å². The van der Waals surface area contributed by atoms with Gasteiger partial charge in [0.15, 0.2) is 5.75 Å². The Morgan fingerprint density at radius 2 is 2.16 bits per heavy atom. The molecule has 0 amide bonds. The van der Waals surface area contributed by atoms with Crippen molar-refractivity contribution in [3.8, 4) is 5.75 Å². The van der Waals surface area contributed by atoms with E-state index in [1.807, 2.05) is 0 Å². The van der Waals surface area contributed by atoms with E-state index in [-0.39, 0.29) is 22.4 Å². The van der Waals surface area contributed by atoms with Crippen molar-refractivity contribution in [1.29, 1.82) is 0 Å². The predicted molar refractivity (Wildman–Crippen MR) is 66.6 cm³/mol. The van der Waals surface area contributed by atoms with E-state index in [1.165, 1.54) is 19.2 Å². The predicted octanol–water partition coefficient (Wildman–Crippen LogP) is -0.147. The molecule has 0 spiro atoms. The van der Waals surface area contributed by atoms with Crippen LogP contribution in [0.3, 0.4) is 0 Å². The molecule has 1 fully saturated rings. The molecule has 1 aromatic rings. The Labute approximate surface area is 110 Å². The molecule has 104 valence electrons. The van der Waals surface area contributed by atoms with Crippen LogP contribution in [0, 0.1) is 10.1 Å². The van der Waals surface area contributed by atoms with Crippen LogP contribution >= 0.6 is 0 Å². The second kappa shape index (κ2) is 5.11. The summed E-state index contributed by atoms with van der Waals surface area (Å²) in [6.07, 6.45) is -0.120. The molecular formula is C10H13N3O5S. The van der Waals surface area contributed by atoms with E-state index in [9.17, 15) is 18.5 Å². The number of nitrogens with zero attached hydrogens (tertiary/aromatic N) is 1. The lowest BCUT2D eigenvalue weighted by atomic mass is 10.2. The second-order valence-corrected chi connectivity index (χ2v) is 5.88. The molecule has 0 aromatic heterocycles. The molecule has 19 heavy (non-hydrogen) atoms. The standard InChI is InChI=1S/C10H13N3O5S/c1-11-19(16,17)8-2-3-10(9(4-8)13(14)15)18-7-5-12-6-7/h2-4,7,11-12H,5-6H2,1H3. The number of hydrogen-bond donors (Lipinski definition) is 2. The SMILES string of the molecule is CNS(=O)(=O)c1ccc(OC2CNC2)c([N+](=O)[O-])c1. The van der Waals surface area contributed by atoms with E-state index < -0.39 is 14.9 Å². The van der Waals surface area contributed by atoms with E-state index in [4.69, 9.17) is 4.74 Å². The molecule has 1 aliphatic rings. The smallest absolute Gasteiger partial charge is 0.312 e. The van der Waals surface area contributed by atoms with Gasteiger partial charge in [-0.3, -0.25) is 10.1 Å². The largest absolute Gasteiger partial charge is 0.481 e. The molecule has 2 N–H and O–H groups in total. The highest BCUT2D eigenvalue weighted by Crippen LogP contribution is 2.30. The fraction of sp³-hybridized carbons (Fsp3) is 0.400. The Hall–Kier alpha value is -1.71. The highest BCUT2D eigenvalue weighted by atomic mass is 32.2. The molecule has 1 heterocycles. The Bertz CT molecular complexity index is 597. The summed E-state index contributed by atoms with van der Waals surface area (Å²) < 4.78 is 30.7. The highest BCUT2D eigenvalue weighted by Gasteiger charge is 2.25. The van der Waals surface area contributed by atoms with Crippen molar-refractivity contribution in [3.05, 3.63) is 28.3 Å². The Kier molecular flexibility index (Phi) is 3.69. The van der Waals surface area contributed by atoms with Gasteiger partial charge >= 0.3 is 5.69 Å². The minimum Gasteiger partial charge on any atom is -0.481 e. The molecular weight excluding hydrogens is 274 g/mol. The van der Waals surface area contributed by atoms with E-state index in [2.05, 4.69) is 10.0 Å². The number of hydrogen-bond acceptors (Lipinski definition) is 6. The van der Waals surface area contributed by atoms with Crippen LogP contribution in [0.25, 0.3) is 0 Å². The average Bonchev–Trinajstić information content (AvgIpc) is 2.33. The maximum atomic E-state index is 11.6. The normalized spacial score (nSPS) is 15.8. The monoisotopic (exact) mass is 287 g/mol. The van der Waals surface area contributed by atoms with Crippen molar-refractivity contribution in [3.63, 3.8) is 0 Å². The van der Waals surface area contributed by atoms with Crippen LogP contribution in [0.4, 0.5) is 5.69 Å². The number of nitro groups is 1. The molecule has 1 aliphatic heterocycles. The third kappa shape index (κ3) is 2.83. The summed E-state index contributed by atoms with van der Waals surface area (Å²) in [5.41, 5.74) is -0.358. The lowest BCUT2D eigenvalue weighted by Gasteiger charge is -2.27. The van der Waals surface area contributed by atoms with Crippen molar-refractivity contribution in [2.75, 3.05) is 20.1 Å². The molecule has 2 rings (SSSR count). The van der Waals surface area contributed by atoms with Crippen LogP contribution < -0.4 is 14.8 Å². The molecule has 0 aliphatic carbocycles. The van der Waals surface area contributed by atoms with Crippen LogP contribution in [0.15, 0.2) is 23.1 Å². The molecule has 0 bridgehead atoms. The molecule has 0 saturated carbocycles. The number of nitro benzene ring substituents is 1. The van der Waals surface area contributed by atoms with E-state index in [0.717, 1.165) is 6.07 Å². The Morgan fingerprint density at radius 3 is 2.63 bits per heavy atom. The van der Waals surface area contributed by atoms with Crippen LogP contribution in [0.1, 0.15) is 0 Å². The minimum absolute atomic E-state index is 0.0755. The molecule has 8 nitrogen and oxygen atoms in total. The van der Waals surface area contributed by atoms with Gasteiger partial charge in [0.2, 0.25) is 10.0 Å². The van der Waals surface area contributed by atoms with E-state index >= 15 is 0 Å². The van der Waals surface area contributed by atoms with Gasteiger partial charge in [0.25, 0.3) is 0 Å². The van der Waals surface area contributed by atoms with Crippen LogP contribution in [-0.2, 0) is 10.0 Å². The van der Waals surface area contributed by atoms with Gasteiger partial charge in [-0.05, 0) is 19.2 Å². The van der Waals surface area contributed by atoms with Crippen LogP contribution in [-0.4, -0.2) is 39.6 Å². The first-order chi connectivity index (χ1) is 8.94. The second-order valence-electron chi connectivity index (χ2n) is 3.99. The summed E-state index contributed by atoms with van der Waals surface area (Å²) in [5.74, 6) is 0.0755. The van der Waals surface area contributed by atoms with Crippen molar-refractivity contribution >= 4 is 15.7 Å². The number of nitrogens with one attached hydrogen (secondary N) is 2. The van der Waals surface area contributed by atoms with Crippen LogP contribution in [0.5, 0.6) is 5.75 Å². The number of rotatable bonds is 5. The quantitative estimate of drug-likeness (QED) is 0.575. The zero-order valence-electron chi connectivity index (χ0n) is 10.1. The third-order valence-corrected chi connectivity index (χ3v) is 4.16. The lowest BCUT2D eigenvalue weighted by molar-refractivity contribution is -0.386. The minimum atomic E-state index is -3.71. The van der Waals surface area contributed by atoms with E-state index in [1.54, 1.807) is 0 Å². The van der Waals surface area contributed by atoms with Crippen molar-refractivity contribution in [2.24, 2.45) is 0 Å². The lowest BCUT2D eigenvalue weighted by Crippen LogP contribution is -2.50. The summed E-state index contributed by atoms with van der Waals surface area (Å²) >= 11 is 0. The zero-order valence-corrected chi connectivity index (χ0v) is 10.9. The van der Waals surface area contributed by atoms with Crippen molar-refractivity contribution < 1.29 is 18.1 Å². The third-order valence-electron chi connectivity index (χ3n) is 2.74. The first-order valence-electron chi connectivity index (χ1n) is 5.53. The first-order valence-corrected chi connectivity index (χ1v) is 7.01. The van der Waals surface area contributed by atoms with E-state index in [0.29, 0.717) is 13.1 Å². The van der Waals surface area contributed by atoms with Gasteiger partial charge in [0.05, 0.1) is 9.82 Å². The fourth-order valence-corrected chi connectivity index (χ4v) is 2.30. The molecule has 1 saturated heterocycles. The van der Waals surface area contributed by atoms with Crippen molar-refractivity contribution in [2.45, 2.75) is 11.0 Å². The summed E-state index contributed by atoms with van der Waals surface area (Å²) in [4.78, 5) is 10.1. The van der Waals surface area contributed by atoms with Gasteiger partial charge in [0.1, 0.15) is 6.10 Å². The van der Waals surface area contributed by atoms with Gasteiger partial charge in [-0.1, -0.05) is 0 Å². The number of ether oxygens (including phenoxy) is 1. The summed E-state index contributed by atoms with van der Waals surface area (Å²) in [7, 11) is -2.47. The molecule has 0 unspecified atom stereocenters. The van der Waals surface area contributed by atoms with Gasteiger partial charge in [-0.25, -0.2) is 13.1 Å². The van der Waals surface area contributed by atoms with Gasteiger partial charge in [-0.2, -0.15) is 0 Å². The molecule has 9 heteroatoms. The van der Waals surface area contributed by atoms with Gasteiger partial charge < -0.3 is 10.1 Å². The molecule has 1 aromatic carbocycles. The summed E-state index contributed by atoms with van der Waals surface area (Å²) in [6, 6.07) is 3.58. The summed E-state index contributed by atoms with van der Waals surface area (Å²) in [6.45, 7) is 1.24. The molecule has 0 radical (unpaired) electrons. The van der Waals surface area contributed by atoms with Crippen molar-refractivity contribution in [1.82, 2.24) is 10.0 Å². The molecule has 0 atom stereocenters. The fourth-order valence-electron chi connectivity index (χ4n) is 1.55. The summed E-state index contributed by atoms with van der Waals surface area (Å²) in [5, 5.41) is 13.9. The zero-order chi connectivity index (χ0) is 14.0. The maximum absolute atomic E-state index is 11.6. The number of sulfonamides is 1. The average molecular weight is 287 g/mol. The van der Waals surface area contributed by atoms with Crippen LogP contribution in [0.2, 0.25) is 0 Å². The maximum Gasteiger partial charge on any atom is 0.312 e. The Morgan fingerprint density at radius 1 is 1.47 bits per heavy atom. The number of benzene rings is 1. The highest BCUT2D eigenvalue weighted by molar-refractivity contribution is 7.89. The first kappa shape index (κ1) is 13.7. The Balaban J connectivity index is 2.37. The van der Waals surface area contributed by atoms with Gasteiger partial charge in [0, 0.05) is 19.2 Å². The van der Waals surface area contributed by atoms with Gasteiger partial charge in [-0.15, -0.1) is 0 Å².